The van der Waals surface area contributed by atoms with Crippen molar-refractivity contribution in [3.05, 3.63) is 29.8 Å². The van der Waals surface area contributed by atoms with Crippen LogP contribution in [-0.2, 0) is 0 Å². The molecule has 1 aromatic carbocycles. The number of hydrogen-bond donors (Lipinski definition) is 0. The highest BCUT2D eigenvalue weighted by Crippen LogP contribution is 2.34. The zero-order valence-corrected chi connectivity index (χ0v) is 10.4. The van der Waals surface area contributed by atoms with Crippen molar-refractivity contribution in [1.29, 1.82) is 5.26 Å². The Hall–Kier alpha value is -1.49. The molecule has 0 spiro atoms. The number of nitrogens with zero attached hydrogens (tertiary/aromatic N) is 1. The molecule has 1 saturated carbocycles. The van der Waals surface area contributed by atoms with Crippen LogP contribution in [0.2, 0.25) is 0 Å². The van der Waals surface area contributed by atoms with E-state index in [0.717, 1.165) is 23.7 Å². The van der Waals surface area contributed by atoms with Crippen LogP contribution in [0, 0.1) is 17.2 Å². The molecule has 1 aliphatic rings. The van der Waals surface area contributed by atoms with E-state index >= 15 is 0 Å². The van der Waals surface area contributed by atoms with Gasteiger partial charge in [-0.05, 0) is 30.0 Å². The second-order valence-corrected chi connectivity index (χ2v) is 4.84. The number of methoxy groups -OCH3 is 1. The van der Waals surface area contributed by atoms with Gasteiger partial charge in [0.1, 0.15) is 5.75 Å². The molecule has 0 amide bonds. The Morgan fingerprint density at radius 2 is 2.18 bits per heavy atom. The third-order valence-electron chi connectivity index (χ3n) is 3.70. The van der Waals surface area contributed by atoms with Gasteiger partial charge in [-0.15, -0.1) is 0 Å². The van der Waals surface area contributed by atoms with Gasteiger partial charge in [-0.25, -0.2) is 0 Å². The van der Waals surface area contributed by atoms with Crippen LogP contribution in [0.25, 0.3) is 0 Å². The summed E-state index contributed by atoms with van der Waals surface area (Å²) >= 11 is 0. The molecular weight excluding hydrogens is 210 g/mol. The fourth-order valence-electron chi connectivity index (χ4n) is 2.70. The summed E-state index contributed by atoms with van der Waals surface area (Å²) < 4.78 is 5.21. The lowest BCUT2D eigenvalue weighted by molar-refractivity contribution is 0.413. The summed E-state index contributed by atoms with van der Waals surface area (Å²) in [6.07, 6.45) is 6.26. The quantitative estimate of drug-likeness (QED) is 0.784. The van der Waals surface area contributed by atoms with Crippen LogP contribution >= 0.6 is 0 Å². The Morgan fingerprint density at radius 3 is 2.82 bits per heavy atom. The normalized spacial score (nSPS) is 17.6. The molecule has 0 heterocycles. The van der Waals surface area contributed by atoms with E-state index < -0.39 is 0 Å². The molecule has 0 bridgehead atoms. The fraction of sp³-hybridized carbons (Fsp3) is 0.533. The molecule has 2 heteroatoms. The molecule has 1 aliphatic carbocycles. The molecule has 90 valence electrons. The molecule has 1 atom stereocenters. The molecule has 17 heavy (non-hydrogen) atoms. The van der Waals surface area contributed by atoms with Crippen molar-refractivity contribution < 1.29 is 4.74 Å². The molecule has 0 N–H and O–H groups in total. The van der Waals surface area contributed by atoms with Crippen molar-refractivity contribution in [3.8, 4) is 11.8 Å². The molecule has 1 aromatic rings. The van der Waals surface area contributed by atoms with E-state index in [1.54, 1.807) is 7.11 Å². The number of rotatable bonds is 4. The average Bonchev–Trinajstić information content (AvgIpc) is 2.89. The predicted molar refractivity (Wildman–Crippen MR) is 67.9 cm³/mol. The van der Waals surface area contributed by atoms with Crippen molar-refractivity contribution >= 4 is 0 Å². The van der Waals surface area contributed by atoms with Crippen molar-refractivity contribution in [2.75, 3.05) is 7.11 Å². The van der Waals surface area contributed by atoms with E-state index in [1.807, 2.05) is 24.3 Å². The molecule has 0 aromatic heterocycles. The highest BCUT2D eigenvalue weighted by atomic mass is 16.5. The highest BCUT2D eigenvalue weighted by molar-refractivity contribution is 5.33. The zero-order valence-electron chi connectivity index (χ0n) is 10.4. The highest BCUT2D eigenvalue weighted by Gasteiger charge is 2.21. The first-order chi connectivity index (χ1) is 8.33. The Balaban J connectivity index is 2.08. The lowest BCUT2D eigenvalue weighted by Crippen LogP contribution is -2.03. The van der Waals surface area contributed by atoms with Crippen molar-refractivity contribution in [3.63, 3.8) is 0 Å². The summed E-state index contributed by atoms with van der Waals surface area (Å²) in [6.45, 7) is 0. The number of nitriles is 1. The average molecular weight is 229 g/mol. The van der Waals surface area contributed by atoms with Crippen molar-refractivity contribution in [2.24, 2.45) is 5.92 Å². The van der Waals surface area contributed by atoms with E-state index in [9.17, 15) is 5.26 Å². The van der Waals surface area contributed by atoms with Crippen LogP contribution in [-0.4, -0.2) is 7.11 Å². The first-order valence-electron chi connectivity index (χ1n) is 6.37. The summed E-state index contributed by atoms with van der Waals surface area (Å²) in [7, 11) is 1.66. The second-order valence-electron chi connectivity index (χ2n) is 4.84. The van der Waals surface area contributed by atoms with Crippen LogP contribution in [0.5, 0.6) is 5.75 Å². The Labute approximate surface area is 103 Å². The Bertz CT molecular complexity index is 402. The first kappa shape index (κ1) is 12.0. The first-order valence-corrected chi connectivity index (χ1v) is 6.37. The van der Waals surface area contributed by atoms with Crippen molar-refractivity contribution in [2.45, 2.75) is 38.0 Å². The SMILES string of the molecule is COc1cccc(C(C#N)CC2CCCC2)c1. The van der Waals surface area contributed by atoms with Gasteiger partial charge in [0.25, 0.3) is 0 Å². The van der Waals surface area contributed by atoms with E-state index in [4.69, 9.17) is 4.74 Å². The monoisotopic (exact) mass is 229 g/mol. The Kier molecular flexibility index (Phi) is 4.03. The van der Waals surface area contributed by atoms with E-state index in [0.29, 0.717) is 0 Å². The summed E-state index contributed by atoms with van der Waals surface area (Å²) in [5.74, 6) is 1.60. The third-order valence-corrected chi connectivity index (χ3v) is 3.70. The summed E-state index contributed by atoms with van der Waals surface area (Å²) in [4.78, 5) is 0. The molecule has 2 rings (SSSR count). The smallest absolute Gasteiger partial charge is 0.119 e. The van der Waals surface area contributed by atoms with Gasteiger partial charge in [0.05, 0.1) is 19.1 Å². The molecule has 0 radical (unpaired) electrons. The van der Waals surface area contributed by atoms with Gasteiger partial charge in [-0.2, -0.15) is 5.26 Å². The van der Waals surface area contributed by atoms with Crippen LogP contribution < -0.4 is 4.74 Å². The fourth-order valence-corrected chi connectivity index (χ4v) is 2.70. The van der Waals surface area contributed by atoms with Gasteiger partial charge in [-0.3, -0.25) is 0 Å². The predicted octanol–water partition coefficient (Wildman–Crippen LogP) is 3.88. The topological polar surface area (TPSA) is 33.0 Å². The molecule has 0 aliphatic heterocycles. The van der Waals surface area contributed by atoms with E-state index in [2.05, 4.69) is 6.07 Å². The standard InChI is InChI=1S/C15H19NO/c1-17-15-8-4-7-13(10-15)14(11-16)9-12-5-2-3-6-12/h4,7-8,10,12,14H,2-3,5-6,9H2,1H3. The van der Waals surface area contributed by atoms with Gasteiger partial charge in [-0.1, -0.05) is 37.8 Å². The molecular formula is C15H19NO. The van der Waals surface area contributed by atoms with Gasteiger partial charge in [0, 0.05) is 0 Å². The van der Waals surface area contributed by atoms with Crippen molar-refractivity contribution in [1.82, 2.24) is 0 Å². The Morgan fingerprint density at radius 1 is 1.41 bits per heavy atom. The minimum atomic E-state index is 0.0215. The number of hydrogen-bond acceptors (Lipinski definition) is 2. The lowest BCUT2D eigenvalue weighted by Gasteiger charge is -2.15. The van der Waals surface area contributed by atoms with Crippen LogP contribution in [0.15, 0.2) is 24.3 Å². The van der Waals surface area contributed by atoms with E-state index in [1.165, 1.54) is 25.7 Å². The summed E-state index contributed by atoms with van der Waals surface area (Å²) in [5, 5.41) is 9.31. The van der Waals surface area contributed by atoms with Crippen LogP contribution in [0.3, 0.4) is 0 Å². The zero-order chi connectivity index (χ0) is 12.1. The minimum absolute atomic E-state index is 0.0215. The molecule has 1 unspecified atom stereocenters. The minimum Gasteiger partial charge on any atom is -0.497 e. The maximum Gasteiger partial charge on any atom is 0.119 e. The maximum atomic E-state index is 9.31. The summed E-state index contributed by atoms with van der Waals surface area (Å²) in [6, 6.07) is 10.4. The van der Waals surface area contributed by atoms with Gasteiger partial charge in [0.15, 0.2) is 0 Å². The number of benzene rings is 1. The van der Waals surface area contributed by atoms with Gasteiger partial charge in [0.2, 0.25) is 0 Å². The molecule has 0 saturated heterocycles. The molecule has 1 fully saturated rings. The maximum absolute atomic E-state index is 9.31. The van der Waals surface area contributed by atoms with Crippen LogP contribution in [0.1, 0.15) is 43.6 Å². The largest absolute Gasteiger partial charge is 0.497 e. The van der Waals surface area contributed by atoms with E-state index in [-0.39, 0.29) is 5.92 Å². The second kappa shape index (κ2) is 5.72. The van der Waals surface area contributed by atoms with Gasteiger partial charge >= 0.3 is 0 Å². The molecule has 2 nitrogen and oxygen atoms in total. The van der Waals surface area contributed by atoms with Crippen LogP contribution in [0.4, 0.5) is 0 Å². The number of ether oxygens (including phenoxy) is 1. The lowest BCUT2D eigenvalue weighted by atomic mass is 9.89. The van der Waals surface area contributed by atoms with Gasteiger partial charge < -0.3 is 4.74 Å². The summed E-state index contributed by atoms with van der Waals surface area (Å²) in [5.41, 5.74) is 1.10. The third kappa shape index (κ3) is 3.00.